The Morgan fingerprint density at radius 3 is 2.74 bits per heavy atom. The molecule has 1 spiro atoms. The first-order chi connectivity index (χ1) is 8.87. The summed E-state index contributed by atoms with van der Waals surface area (Å²) in [7, 11) is -3.56. The minimum Gasteiger partial charge on any atom is -0.487 e. The Balaban J connectivity index is 2.00. The van der Waals surface area contributed by atoms with E-state index in [1.54, 1.807) is 6.07 Å². The lowest BCUT2D eigenvalue weighted by atomic mass is 9.71. The number of ether oxygens (including phenoxy) is 1. The van der Waals surface area contributed by atoms with Crippen molar-refractivity contribution >= 4 is 10.0 Å². The summed E-state index contributed by atoms with van der Waals surface area (Å²) in [6, 6.07) is 4.27. The Labute approximate surface area is 111 Å². The van der Waals surface area contributed by atoms with Crippen molar-refractivity contribution in [2.45, 2.75) is 37.2 Å². The molecule has 0 bridgehead atoms. The third kappa shape index (κ3) is 2.47. The van der Waals surface area contributed by atoms with Crippen molar-refractivity contribution in [2.75, 3.05) is 5.75 Å². The molecule has 0 amide bonds. The normalized spacial score (nSPS) is 24.4. The number of hydrogen-bond acceptors (Lipinski definition) is 3. The second kappa shape index (κ2) is 4.18. The summed E-state index contributed by atoms with van der Waals surface area (Å²) >= 11 is 0. The van der Waals surface area contributed by atoms with Crippen LogP contribution in [0.2, 0.25) is 0 Å². The highest BCUT2D eigenvalue weighted by Crippen LogP contribution is 2.49. The van der Waals surface area contributed by atoms with Gasteiger partial charge in [-0.05, 0) is 37.3 Å². The van der Waals surface area contributed by atoms with Crippen molar-refractivity contribution < 1.29 is 17.5 Å². The summed E-state index contributed by atoms with van der Waals surface area (Å²) in [4.78, 5) is 0. The zero-order valence-electron chi connectivity index (χ0n) is 10.4. The van der Waals surface area contributed by atoms with Gasteiger partial charge in [0.15, 0.2) is 0 Å². The molecule has 4 nitrogen and oxygen atoms in total. The minimum absolute atomic E-state index is 0.114. The highest BCUT2D eigenvalue weighted by Gasteiger charge is 2.46. The van der Waals surface area contributed by atoms with Gasteiger partial charge >= 0.3 is 0 Å². The second-order valence-electron chi connectivity index (χ2n) is 5.55. The molecule has 1 fully saturated rings. The quantitative estimate of drug-likeness (QED) is 0.902. The highest BCUT2D eigenvalue weighted by atomic mass is 32.2. The average molecular weight is 285 g/mol. The Bertz CT molecular complexity index is 610. The first-order valence-corrected chi connectivity index (χ1v) is 8.07. The Morgan fingerprint density at radius 2 is 2.16 bits per heavy atom. The molecular weight excluding hydrogens is 269 g/mol. The predicted octanol–water partition coefficient (Wildman–Crippen LogP) is 1.90. The van der Waals surface area contributed by atoms with Crippen LogP contribution in [0, 0.1) is 5.82 Å². The van der Waals surface area contributed by atoms with Gasteiger partial charge in [-0.3, -0.25) is 0 Å². The summed E-state index contributed by atoms with van der Waals surface area (Å²) in [5, 5.41) is 5.16. The number of primary sulfonamides is 1. The Kier molecular flexibility index (Phi) is 2.83. The topological polar surface area (TPSA) is 69.4 Å². The summed E-state index contributed by atoms with van der Waals surface area (Å²) in [5.41, 5.74) is 0.434. The van der Waals surface area contributed by atoms with Gasteiger partial charge < -0.3 is 4.74 Å². The predicted molar refractivity (Wildman–Crippen MR) is 68.9 cm³/mol. The van der Waals surface area contributed by atoms with Crippen LogP contribution >= 0.6 is 0 Å². The molecule has 104 valence electrons. The van der Waals surface area contributed by atoms with Gasteiger partial charge in [0.1, 0.15) is 17.2 Å². The number of rotatable bonds is 2. The molecule has 1 unspecified atom stereocenters. The van der Waals surface area contributed by atoms with Crippen molar-refractivity contribution in [3.63, 3.8) is 0 Å². The lowest BCUT2D eigenvalue weighted by Gasteiger charge is -2.47. The largest absolute Gasteiger partial charge is 0.487 e. The molecule has 1 aliphatic carbocycles. The highest BCUT2D eigenvalue weighted by molar-refractivity contribution is 7.89. The van der Waals surface area contributed by atoms with E-state index in [2.05, 4.69) is 0 Å². The average Bonchev–Trinajstić information content (AvgIpc) is 2.23. The maximum absolute atomic E-state index is 13.3. The van der Waals surface area contributed by atoms with Crippen LogP contribution in [-0.2, 0) is 10.0 Å². The van der Waals surface area contributed by atoms with Crippen LogP contribution in [0.3, 0.4) is 0 Å². The Hall–Kier alpha value is -1.14. The van der Waals surface area contributed by atoms with E-state index in [1.807, 2.05) is 0 Å². The van der Waals surface area contributed by atoms with E-state index < -0.39 is 10.0 Å². The zero-order valence-corrected chi connectivity index (χ0v) is 11.2. The van der Waals surface area contributed by atoms with Crippen molar-refractivity contribution in [3.8, 4) is 5.75 Å². The van der Waals surface area contributed by atoms with E-state index >= 15 is 0 Å². The van der Waals surface area contributed by atoms with Gasteiger partial charge in [-0.15, -0.1) is 0 Å². The van der Waals surface area contributed by atoms with Gasteiger partial charge in [0.2, 0.25) is 10.0 Å². The third-order valence-electron chi connectivity index (χ3n) is 4.06. The van der Waals surface area contributed by atoms with Gasteiger partial charge in [-0.1, -0.05) is 6.07 Å². The van der Waals surface area contributed by atoms with Gasteiger partial charge in [-0.2, -0.15) is 0 Å². The number of benzene rings is 1. The zero-order chi connectivity index (χ0) is 13.7. The minimum atomic E-state index is -3.56. The van der Waals surface area contributed by atoms with E-state index in [0.717, 1.165) is 24.8 Å². The van der Waals surface area contributed by atoms with Crippen molar-refractivity contribution in [1.82, 2.24) is 0 Å². The van der Waals surface area contributed by atoms with Crippen LogP contribution in [0.25, 0.3) is 0 Å². The summed E-state index contributed by atoms with van der Waals surface area (Å²) in [6.07, 6.45) is 3.49. The van der Waals surface area contributed by atoms with E-state index in [0.29, 0.717) is 12.2 Å². The number of sulfonamides is 1. The fourth-order valence-corrected chi connectivity index (χ4v) is 3.93. The molecule has 1 aromatic carbocycles. The van der Waals surface area contributed by atoms with Crippen LogP contribution in [0.4, 0.5) is 4.39 Å². The van der Waals surface area contributed by atoms with Gasteiger partial charge in [-0.25, -0.2) is 17.9 Å². The standard InChI is InChI=1S/C13H16FNO3S/c14-10-2-3-11-9(8-19(15,16)17)7-13(4-1-5-13)18-12(11)6-10/h2-3,6,9H,1,4-5,7-8H2,(H2,15,16,17). The van der Waals surface area contributed by atoms with Crippen LogP contribution in [0.1, 0.15) is 37.2 Å². The molecule has 1 atom stereocenters. The van der Waals surface area contributed by atoms with Crippen LogP contribution in [0.5, 0.6) is 5.75 Å². The molecule has 0 radical (unpaired) electrons. The number of nitrogens with two attached hydrogens (primary N) is 1. The smallest absolute Gasteiger partial charge is 0.209 e. The summed E-state index contributed by atoms with van der Waals surface area (Å²) < 4.78 is 41.9. The van der Waals surface area contributed by atoms with Crippen molar-refractivity contribution in [2.24, 2.45) is 5.14 Å². The maximum atomic E-state index is 13.3. The first kappa shape index (κ1) is 12.9. The van der Waals surface area contributed by atoms with Gasteiger partial charge in [0.05, 0.1) is 5.75 Å². The van der Waals surface area contributed by atoms with Crippen molar-refractivity contribution in [3.05, 3.63) is 29.6 Å². The van der Waals surface area contributed by atoms with Crippen molar-refractivity contribution in [1.29, 1.82) is 0 Å². The molecule has 1 saturated carbocycles. The summed E-state index contributed by atoms with van der Waals surface area (Å²) in [5.74, 6) is -0.222. The molecule has 2 N–H and O–H groups in total. The molecule has 0 aromatic heterocycles. The van der Waals surface area contributed by atoms with Crippen LogP contribution in [0.15, 0.2) is 18.2 Å². The SMILES string of the molecule is NS(=O)(=O)CC1CC2(CCC2)Oc2cc(F)ccc21. The maximum Gasteiger partial charge on any atom is 0.209 e. The molecular formula is C13H16FNO3S. The monoisotopic (exact) mass is 285 g/mol. The van der Waals surface area contributed by atoms with E-state index in [4.69, 9.17) is 9.88 Å². The molecule has 1 aromatic rings. The van der Waals surface area contributed by atoms with E-state index in [-0.39, 0.29) is 23.1 Å². The van der Waals surface area contributed by atoms with Gasteiger partial charge in [0.25, 0.3) is 0 Å². The summed E-state index contributed by atoms with van der Waals surface area (Å²) in [6.45, 7) is 0. The lowest BCUT2D eigenvalue weighted by Crippen LogP contribution is -2.48. The fourth-order valence-electron chi connectivity index (χ4n) is 3.07. The molecule has 6 heteroatoms. The lowest BCUT2D eigenvalue weighted by molar-refractivity contribution is -0.0317. The number of hydrogen-bond donors (Lipinski definition) is 1. The Morgan fingerprint density at radius 1 is 1.42 bits per heavy atom. The van der Waals surface area contributed by atoms with E-state index in [1.165, 1.54) is 12.1 Å². The van der Waals surface area contributed by atoms with Crippen LogP contribution in [-0.4, -0.2) is 19.8 Å². The van der Waals surface area contributed by atoms with Gasteiger partial charge in [0, 0.05) is 12.0 Å². The third-order valence-corrected chi connectivity index (χ3v) is 4.93. The first-order valence-electron chi connectivity index (χ1n) is 6.36. The molecule has 2 aliphatic rings. The molecule has 1 aliphatic heterocycles. The number of halogens is 1. The fraction of sp³-hybridized carbons (Fsp3) is 0.538. The van der Waals surface area contributed by atoms with E-state index in [9.17, 15) is 12.8 Å². The van der Waals surface area contributed by atoms with Crippen LogP contribution < -0.4 is 9.88 Å². The molecule has 0 saturated heterocycles. The number of fused-ring (bicyclic) bond motifs is 1. The molecule has 3 rings (SSSR count). The second-order valence-corrected chi connectivity index (χ2v) is 7.21. The molecule has 19 heavy (non-hydrogen) atoms. The molecule has 1 heterocycles.